The van der Waals surface area contributed by atoms with Crippen LogP contribution in [-0.4, -0.2) is 77.8 Å². The summed E-state index contributed by atoms with van der Waals surface area (Å²) in [6.07, 6.45) is 5.15. The minimum Gasteiger partial charge on any atom is -0.467 e. The van der Waals surface area contributed by atoms with E-state index in [9.17, 15) is 27.6 Å². The molecule has 0 unspecified atom stereocenters. The van der Waals surface area contributed by atoms with Crippen molar-refractivity contribution in [3.05, 3.63) is 56.6 Å². The average molecular weight is 634 g/mol. The molecule has 238 valence electrons. The van der Waals surface area contributed by atoms with Gasteiger partial charge in [0, 0.05) is 27.2 Å². The van der Waals surface area contributed by atoms with Gasteiger partial charge in [0.2, 0.25) is 11.9 Å². The minimum absolute atomic E-state index is 0.0219. The van der Waals surface area contributed by atoms with Crippen LogP contribution in [0.3, 0.4) is 0 Å². The molecule has 0 aliphatic heterocycles. The number of nitrogens with zero attached hydrogens (tertiary/aromatic N) is 7. The van der Waals surface area contributed by atoms with Crippen molar-refractivity contribution in [3.8, 4) is 6.01 Å². The Hall–Kier alpha value is -4.87. The molecule has 0 atom stereocenters. The Morgan fingerprint density at radius 1 is 1.00 bits per heavy atom. The van der Waals surface area contributed by atoms with Crippen molar-refractivity contribution in [1.29, 1.82) is 0 Å². The first kappa shape index (κ1) is 33.6. The van der Waals surface area contributed by atoms with Crippen molar-refractivity contribution in [1.82, 2.24) is 33.8 Å². The maximum absolute atomic E-state index is 12.4. The van der Waals surface area contributed by atoms with Crippen LogP contribution in [0, 0.1) is 6.92 Å². The number of urea groups is 1. The van der Waals surface area contributed by atoms with Gasteiger partial charge in [0.05, 0.1) is 19.8 Å². The first-order valence-corrected chi connectivity index (χ1v) is 14.9. The van der Waals surface area contributed by atoms with E-state index in [0.29, 0.717) is 5.95 Å². The SMILES string of the molecule is CN(C)c1nc(=O)n(C2CCCCC2)c(=O)n1C.COC(=O)c1ccccc1S(=O)(=O)NC(=O)Nc1nc(C)nc(OC)n1. The largest absolute Gasteiger partial charge is 0.467 e. The molecule has 0 saturated heterocycles. The van der Waals surface area contributed by atoms with Gasteiger partial charge in [-0.15, -0.1) is 0 Å². The lowest BCUT2D eigenvalue weighted by Gasteiger charge is -2.24. The standard InChI is InChI=1S/C14H15N5O6S.C12H20N4O2/c1-8-15-12(18-14(16-8)25-3)17-13(21)19-26(22,23)10-7-5-4-6-9(10)11(20)24-2;1-14(2)10-13-11(17)16(12(18)15(10)3)9-7-5-4-6-8-9/h4-7H,1-3H3,(H2,15,16,17,18,19,21);9H,4-8H2,1-3H3. The van der Waals surface area contributed by atoms with E-state index in [1.54, 1.807) is 30.8 Å². The van der Waals surface area contributed by atoms with E-state index >= 15 is 0 Å². The molecule has 4 rings (SSSR count). The van der Waals surface area contributed by atoms with E-state index in [-0.39, 0.29) is 35.1 Å². The fourth-order valence-corrected chi connectivity index (χ4v) is 5.59. The van der Waals surface area contributed by atoms with Crippen molar-refractivity contribution >= 4 is 33.9 Å². The van der Waals surface area contributed by atoms with Crippen molar-refractivity contribution < 1.29 is 27.5 Å². The molecule has 18 heteroatoms. The zero-order valence-corrected chi connectivity index (χ0v) is 26.0. The second-order valence-corrected chi connectivity index (χ2v) is 11.5. The monoisotopic (exact) mass is 633 g/mol. The van der Waals surface area contributed by atoms with Gasteiger partial charge in [0.1, 0.15) is 10.7 Å². The van der Waals surface area contributed by atoms with Crippen LogP contribution in [-0.2, 0) is 21.8 Å². The molecule has 2 aromatic heterocycles. The van der Waals surface area contributed by atoms with Crippen molar-refractivity contribution in [3.63, 3.8) is 0 Å². The summed E-state index contributed by atoms with van der Waals surface area (Å²) in [5.41, 5.74) is -0.896. The number of benzene rings is 1. The first-order chi connectivity index (χ1) is 20.8. The molecule has 17 nitrogen and oxygen atoms in total. The molecular weight excluding hydrogens is 598 g/mol. The Bertz CT molecular complexity index is 1730. The number of carbonyl (C=O) groups is 2. The Morgan fingerprint density at radius 3 is 2.27 bits per heavy atom. The number of amides is 2. The summed E-state index contributed by atoms with van der Waals surface area (Å²) in [5, 5.41) is 2.16. The molecule has 2 heterocycles. The smallest absolute Gasteiger partial charge is 0.355 e. The Kier molecular flexibility index (Phi) is 11.1. The van der Waals surface area contributed by atoms with Crippen molar-refractivity contribution in [2.24, 2.45) is 7.05 Å². The number of nitrogens with one attached hydrogen (secondary N) is 2. The second-order valence-electron chi connectivity index (χ2n) is 9.83. The highest BCUT2D eigenvalue weighted by Gasteiger charge is 2.25. The Labute approximate surface area is 253 Å². The predicted molar refractivity (Wildman–Crippen MR) is 158 cm³/mol. The van der Waals surface area contributed by atoms with Crippen molar-refractivity contribution in [2.75, 3.05) is 38.5 Å². The lowest BCUT2D eigenvalue weighted by atomic mass is 9.95. The molecule has 2 N–H and O–H groups in total. The highest BCUT2D eigenvalue weighted by molar-refractivity contribution is 7.90. The third kappa shape index (κ3) is 8.15. The topological polar surface area (TPSA) is 210 Å². The molecule has 0 bridgehead atoms. The van der Waals surface area contributed by atoms with E-state index in [0.717, 1.165) is 38.9 Å². The fourth-order valence-electron chi connectivity index (χ4n) is 4.48. The number of sulfonamides is 1. The number of rotatable bonds is 7. The van der Waals surface area contributed by atoms with Crippen LogP contribution in [0.1, 0.15) is 54.3 Å². The van der Waals surface area contributed by atoms with Crippen molar-refractivity contribution in [2.45, 2.75) is 50.0 Å². The normalized spacial score (nSPS) is 13.2. The van der Waals surface area contributed by atoms with Crippen LogP contribution in [0.25, 0.3) is 0 Å². The van der Waals surface area contributed by atoms with Gasteiger partial charge in [0.25, 0.3) is 10.0 Å². The van der Waals surface area contributed by atoms with Gasteiger partial charge in [-0.05, 0) is 31.9 Å². The van der Waals surface area contributed by atoms with Crippen LogP contribution >= 0.6 is 0 Å². The van der Waals surface area contributed by atoms with Gasteiger partial charge in [-0.3, -0.25) is 9.88 Å². The summed E-state index contributed by atoms with van der Waals surface area (Å²) in [5.74, 6) is -0.407. The van der Waals surface area contributed by atoms with Gasteiger partial charge < -0.3 is 14.4 Å². The molecule has 3 aromatic rings. The average Bonchev–Trinajstić information content (AvgIpc) is 2.98. The third-order valence-electron chi connectivity index (χ3n) is 6.48. The molecule has 44 heavy (non-hydrogen) atoms. The molecule has 1 fully saturated rings. The fraction of sp³-hybridized carbons (Fsp3) is 0.462. The van der Waals surface area contributed by atoms with E-state index in [2.05, 4.69) is 30.0 Å². The van der Waals surface area contributed by atoms with Gasteiger partial charge in [-0.2, -0.15) is 19.9 Å². The van der Waals surface area contributed by atoms with Gasteiger partial charge >= 0.3 is 29.4 Å². The van der Waals surface area contributed by atoms with Gasteiger partial charge in [-0.25, -0.2) is 36.9 Å². The molecule has 2 amide bonds. The Balaban J connectivity index is 0.000000257. The van der Waals surface area contributed by atoms with Crippen LogP contribution in [0.4, 0.5) is 16.7 Å². The molecule has 0 spiro atoms. The predicted octanol–water partition coefficient (Wildman–Crippen LogP) is 0.999. The molecule has 1 saturated carbocycles. The zero-order valence-electron chi connectivity index (χ0n) is 25.2. The summed E-state index contributed by atoms with van der Waals surface area (Å²) in [6.45, 7) is 1.54. The number of aryl methyl sites for hydroxylation is 1. The number of hydrogen-bond donors (Lipinski definition) is 2. The third-order valence-corrected chi connectivity index (χ3v) is 7.87. The molecule has 0 radical (unpaired) electrons. The number of methoxy groups -OCH3 is 2. The van der Waals surface area contributed by atoms with Crippen LogP contribution in [0.2, 0.25) is 0 Å². The number of esters is 1. The summed E-state index contributed by atoms with van der Waals surface area (Å²) >= 11 is 0. The first-order valence-electron chi connectivity index (χ1n) is 13.4. The molecule has 1 aliphatic carbocycles. The number of aromatic nitrogens is 6. The Morgan fingerprint density at radius 2 is 1.66 bits per heavy atom. The summed E-state index contributed by atoms with van der Waals surface area (Å²) in [4.78, 5) is 64.7. The van der Waals surface area contributed by atoms with Gasteiger partial charge in [0.15, 0.2) is 0 Å². The van der Waals surface area contributed by atoms with Gasteiger partial charge in [-0.1, -0.05) is 31.4 Å². The summed E-state index contributed by atoms with van der Waals surface area (Å²) in [6, 6.07) is 4.14. The number of hydrogen-bond acceptors (Lipinski definition) is 13. The quantitative estimate of drug-likeness (QED) is 0.348. The zero-order chi connectivity index (χ0) is 32.6. The highest BCUT2D eigenvalue weighted by Crippen LogP contribution is 2.25. The maximum Gasteiger partial charge on any atom is 0.355 e. The lowest BCUT2D eigenvalue weighted by molar-refractivity contribution is 0.0596. The maximum atomic E-state index is 12.4. The summed E-state index contributed by atoms with van der Waals surface area (Å²) in [7, 11) is 3.28. The highest BCUT2D eigenvalue weighted by atomic mass is 32.2. The van der Waals surface area contributed by atoms with E-state index < -0.39 is 32.6 Å². The van der Waals surface area contributed by atoms with E-state index in [1.165, 1.54) is 47.8 Å². The van der Waals surface area contributed by atoms with Crippen LogP contribution < -0.4 is 31.1 Å². The number of anilines is 2. The van der Waals surface area contributed by atoms with Crippen LogP contribution in [0.15, 0.2) is 38.8 Å². The second kappa shape index (κ2) is 14.5. The van der Waals surface area contributed by atoms with E-state index in [4.69, 9.17) is 4.74 Å². The lowest BCUT2D eigenvalue weighted by Crippen LogP contribution is -2.45. The summed E-state index contributed by atoms with van der Waals surface area (Å²) < 4.78 is 38.7. The minimum atomic E-state index is -4.36. The number of ether oxygens (including phenoxy) is 2. The number of carbonyl (C=O) groups excluding carboxylic acids is 2. The molecule has 1 aliphatic rings. The van der Waals surface area contributed by atoms with Crippen LogP contribution in [0.5, 0.6) is 6.01 Å². The molecule has 1 aromatic carbocycles. The van der Waals surface area contributed by atoms with E-state index in [1.807, 2.05) is 0 Å². The molecular formula is C26H35N9O8S.